The Morgan fingerprint density at radius 3 is 2.67 bits per heavy atom. The normalized spacial score (nSPS) is 18.5. The minimum atomic E-state index is -0.824. The summed E-state index contributed by atoms with van der Waals surface area (Å²) in [4.78, 5) is 10.4. The maximum Gasteiger partial charge on any atom is 0.307 e. The number of aliphatic carboxylic acids is 1. The van der Waals surface area contributed by atoms with Crippen LogP contribution in [0.3, 0.4) is 0 Å². The summed E-state index contributed by atoms with van der Waals surface area (Å²) in [6, 6.07) is 7.08. The maximum absolute atomic E-state index is 10.4. The molecule has 1 aliphatic rings. The first-order valence-corrected chi connectivity index (χ1v) is 4.79. The number of epoxide rings is 1. The van der Waals surface area contributed by atoms with E-state index < -0.39 is 5.97 Å². The third-order valence-corrected chi connectivity index (χ3v) is 2.12. The molecule has 0 aromatic heterocycles. The van der Waals surface area contributed by atoms with Crippen molar-refractivity contribution in [3.8, 4) is 5.75 Å². The zero-order valence-corrected chi connectivity index (χ0v) is 8.18. The SMILES string of the molecule is O=C(O)Cc1ccc(OC[C@@H]2CO2)cc1. The smallest absolute Gasteiger partial charge is 0.307 e. The van der Waals surface area contributed by atoms with Gasteiger partial charge in [0.15, 0.2) is 0 Å². The zero-order chi connectivity index (χ0) is 10.7. The van der Waals surface area contributed by atoms with Crippen LogP contribution < -0.4 is 4.74 Å². The van der Waals surface area contributed by atoms with Gasteiger partial charge in [-0.15, -0.1) is 0 Å². The van der Waals surface area contributed by atoms with E-state index in [0.717, 1.165) is 17.9 Å². The van der Waals surface area contributed by atoms with Crippen molar-refractivity contribution in [3.05, 3.63) is 29.8 Å². The molecule has 0 aliphatic carbocycles. The fourth-order valence-corrected chi connectivity index (χ4v) is 1.23. The highest BCUT2D eigenvalue weighted by atomic mass is 16.6. The van der Waals surface area contributed by atoms with Gasteiger partial charge in [-0.2, -0.15) is 0 Å². The quantitative estimate of drug-likeness (QED) is 0.736. The van der Waals surface area contributed by atoms with Gasteiger partial charge in [0, 0.05) is 0 Å². The van der Waals surface area contributed by atoms with Crippen molar-refractivity contribution in [3.63, 3.8) is 0 Å². The van der Waals surface area contributed by atoms with E-state index in [1.165, 1.54) is 0 Å². The molecule has 1 aromatic carbocycles. The van der Waals surface area contributed by atoms with Crippen LogP contribution in [0.1, 0.15) is 5.56 Å². The molecule has 0 saturated carbocycles. The maximum atomic E-state index is 10.4. The van der Waals surface area contributed by atoms with Gasteiger partial charge < -0.3 is 14.6 Å². The minimum absolute atomic E-state index is 0.0476. The van der Waals surface area contributed by atoms with E-state index in [1.54, 1.807) is 24.3 Å². The molecular formula is C11H12O4. The zero-order valence-electron chi connectivity index (χ0n) is 8.18. The summed E-state index contributed by atoms with van der Waals surface area (Å²) >= 11 is 0. The second-order valence-electron chi connectivity index (χ2n) is 3.48. The number of carboxylic acid groups (broad SMARTS) is 1. The van der Waals surface area contributed by atoms with Crippen molar-refractivity contribution in [1.29, 1.82) is 0 Å². The first-order chi connectivity index (χ1) is 7.24. The Bertz CT molecular complexity index is 340. The molecule has 0 bridgehead atoms. The summed E-state index contributed by atoms with van der Waals surface area (Å²) in [6.45, 7) is 1.34. The molecule has 1 aliphatic heterocycles. The van der Waals surface area contributed by atoms with E-state index in [0.29, 0.717) is 6.61 Å². The van der Waals surface area contributed by atoms with Crippen molar-refractivity contribution in [1.82, 2.24) is 0 Å². The summed E-state index contributed by atoms with van der Waals surface area (Å²) in [5.74, 6) is -0.0744. The minimum Gasteiger partial charge on any atom is -0.491 e. The van der Waals surface area contributed by atoms with E-state index in [4.69, 9.17) is 14.6 Å². The number of ether oxygens (including phenoxy) is 2. The van der Waals surface area contributed by atoms with Crippen molar-refractivity contribution >= 4 is 5.97 Å². The van der Waals surface area contributed by atoms with Crippen LogP contribution in [-0.2, 0) is 16.0 Å². The van der Waals surface area contributed by atoms with Crippen LogP contribution in [-0.4, -0.2) is 30.4 Å². The van der Waals surface area contributed by atoms with E-state index >= 15 is 0 Å². The molecule has 1 saturated heterocycles. The van der Waals surface area contributed by atoms with Gasteiger partial charge in [-0.1, -0.05) is 12.1 Å². The van der Waals surface area contributed by atoms with Gasteiger partial charge in [-0.3, -0.25) is 4.79 Å². The predicted octanol–water partition coefficient (Wildman–Crippen LogP) is 1.09. The first kappa shape index (κ1) is 9.98. The largest absolute Gasteiger partial charge is 0.491 e. The average molecular weight is 208 g/mol. The van der Waals surface area contributed by atoms with Crippen LogP contribution in [0.25, 0.3) is 0 Å². The van der Waals surface area contributed by atoms with Gasteiger partial charge in [-0.25, -0.2) is 0 Å². The molecular weight excluding hydrogens is 196 g/mol. The Hall–Kier alpha value is -1.55. The van der Waals surface area contributed by atoms with Gasteiger partial charge in [0.25, 0.3) is 0 Å². The van der Waals surface area contributed by atoms with Crippen molar-refractivity contribution in [2.75, 3.05) is 13.2 Å². The standard InChI is InChI=1S/C11H12O4/c12-11(13)5-8-1-3-9(4-2-8)14-6-10-7-15-10/h1-4,10H,5-7H2,(H,12,13)/t10-/m1/s1. The molecule has 1 heterocycles. The lowest BCUT2D eigenvalue weighted by molar-refractivity contribution is -0.136. The Labute approximate surface area is 87.4 Å². The highest BCUT2D eigenvalue weighted by Crippen LogP contribution is 2.15. The number of benzene rings is 1. The molecule has 15 heavy (non-hydrogen) atoms. The average Bonchev–Trinajstić information content (AvgIpc) is 2.99. The number of rotatable bonds is 5. The summed E-state index contributed by atoms with van der Waals surface area (Å²) in [5, 5.41) is 8.57. The van der Waals surface area contributed by atoms with Crippen molar-refractivity contribution < 1.29 is 19.4 Å². The van der Waals surface area contributed by atoms with Crippen molar-refractivity contribution in [2.45, 2.75) is 12.5 Å². The Kier molecular flexibility index (Phi) is 2.87. The Morgan fingerprint density at radius 1 is 1.47 bits per heavy atom. The highest BCUT2D eigenvalue weighted by molar-refractivity contribution is 5.70. The van der Waals surface area contributed by atoms with Crippen LogP contribution >= 0.6 is 0 Å². The van der Waals surface area contributed by atoms with E-state index in [-0.39, 0.29) is 12.5 Å². The fraction of sp³-hybridized carbons (Fsp3) is 0.364. The summed E-state index contributed by atoms with van der Waals surface area (Å²) in [5.41, 5.74) is 0.775. The Morgan fingerprint density at radius 2 is 2.13 bits per heavy atom. The second kappa shape index (κ2) is 4.31. The fourth-order valence-electron chi connectivity index (χ4n) is 1.23. The number of carbonyl (C=O) groups is 1. The van der Waals surface area contributed by atoms with Crippen LogP contribution in [0, 0.1) is 0 Å². The molecule has 1 N–H and O–H groups in total. The van der Waals surface area contributed by atoms with Gasteiger partial charge in [0.05, 0.1) is 13.0 Å². The van der Waals surface area contributed by atoms with Crippen LogP contribution in [0.15, 0.2) is 24.3 Å². The molecule has 0 radical (unpaired) electrons. The monoisotopic (exact) mass is 208 g/mol. The van der Waals surface area contributed by atoms with Crippen LogP contribution in [0.2, 0.25) is 0 Å². The number of hydrogen-bond donors (Lipinski definition) is 1. The third-order valence-electron chi connectivity index (χ3n) is 2.12. The summed E-state index contributed by atoms with van der Waals surface area (Å²) in [7, 11) is 0. The molecule has 4 heteroatoms. The topological polar surface area (TPSA) is 59.1 Å². The predicted molar refractivity (Wildman–Crippen MR) is 53.0 cm³/mol. The molecule has 0 spiro atoms. The van der Waals surface area contributed by atoms with Gasteiger partial charge >= 0.3 is 5.97 Å². The lowest BCUT2D eigenvalue weighted by Gasteiger charge is -2.04. The second-order valence-corrected chi connectivity index (χ2v) is 3.48. The van der Waals surface area contributed by atoms with Crippen LogP contribution in [0.4, 0.5) is 0 Å². The number of carboxylic acids is 1. The molecule has 1 atom stereocenters. The van der Waals surface area contributed by atoms with E-state index in [9.17, 15) is 4.79 Å². The molecule has 0 amide bonds. The molecule has 1 aromatic rings. The van der Waals surface area contributed by atoms with Crippen LogP contribution in [0.5, 0.6) is 5.75 Å². The third kappa shape index (κ3) is 3.25. The molecule has 4 nitrogen and oxygen atoms in total. The lowest BCUT2D eigenvalue weighted by atomic mass is 10.1. The Balaban J connectivity index is 1.87. The van der Waals surface area contributed by atoms with E-state index in [2.05, 4.69) is 0 Å². The molecule has 1 fully saturated rings. The highest BCUT2D eigenvalue weighted by Gasteiger charge is 2.22. The molecule has 2 rings (SSSR count). The van der Waals surface area contributed by atoms with Crippen molar-refractivity contribution in [2.24, 2.45) is 0 Å². The lowest BCUT2D eigenvalue weighted by Crippen LogP contribution is -2.04. The van der Waals surface area contributed by atoms with E-state index in [1.807, 2.05) is 0 Å². The summed E-state index contributed by atoms with van der Waals surface area (Å²) in [6.07, 6.45) is 0.287. The number of hydrogen-bond acceptors (Lipinski definition) is 3. The molecule has 0 unspecified atom stereocenters. The molecule has 80 valence electrons. The van der Waals surface area contributed by atoms with Gasteiger partial charge in [0.1, 0.15) is 18.5 Å². The first-order valence-electron chi connectivity index (χ1n) is 4.79. The van der Waals surface area contributed by atoms with Gasteiger partial charge in [0.2, 0.25) is 0 Å². The van der Waals surface area contributed by atoms with Gasteiger partial charge in [-0.05, 0) is 17.7 Å². The summed E-state index contributed by atoms with van der Waals surface area (Å²) < 4.78 is 10.4.